The Morgan fingerprint density at radius 2 is 1.68 bits per heavy atom. The number of halogens is 1. The number of nitrogen functional groups attached to an aromatic ring is 1. The molecule has 0 radical (unpaired) electrons. The van der Waals surface area contributed by atoms with Gasteiger partial charge in [0.2, 0.25) is 0 Å². The Kier molecular flexibility index (Phi) is 4.05. The highest BCUT2D eigenvalue weighted by Gasteiger charge is 2.07. The molecule has 0 saturated carbocycles. The summed E-state index contributed by atoms with van der Waals surface area (Å²) in [6, 6.07) is 12.9. The smallest absolute Gasteiger partial charge is 0.125 e. The summed E-state index contributed by atoms with van der Waals surface area (Å²) < 4.78 is 13.3. The SMILES string of the molecule is CCc1ccc(CN(C)c2cc(F)ccc2N)cc1. The molecule has 2 rings (SSSR count). The van der Waals surface area contributed by atoms with Gasteiger partial charge < -0.3 is 10.6 Å². The van der Waals surface area contributed by atoms with Crippen LogP contribution in [0, 0.1) is 5.82 Å². The maximum absolute atomic E-state index is 13.3. The molecular weight excluding hydrogens is 239 g/mol. The standard InChI is InChI=1S/C16H19FN2/c1-3-12-4-6-13(7-5-12)11-19(2)16-10-14(17)8-9-15(16)18/h4-10H,3,11,18H2,1-2H3. The number of benzene rings is 2. The Morgan fingerprint density at radius 3 is 2.32 bits per heavy atom. The van der Waals surface area contributed by atoms with Gasteiger partial charge in [-0.15, -0.1) is 0 Å². The third-order valence-corrected chi connectivity index (χ3v) is 3.25. The molecule has 0 fully saturated rings. The maximum Gasteiger partial charge on any atom is 0.125 e. The van der Waals surface area contributed by atoms with Crippen LogP contribution in [0.3, 0.4) is 0 Å². The highest BCUT2D eigenvalue weighted by molar-refractivity contribution is 5.67. The Hall–Kier alpha value is -2.03. The molecule has 0 spiro atoms. The molecule has 0 atom stereocenters. The third kappa shape index (κ3) is 3.25. The zero-order valence-electron chi connectivity index (χ0n) is 11.4. The largest absolute Gasteiger partial charge is 0.397 e. The second-order valence-electron chi connectivity index (χ2n) is 4.73. The number of nitrogens with zero attached hydrogens (tertiary/aromatic N) is 1. The zero-order chi connectivity index (χ0) is 13.8. The molecule has 0 aliphatic carbocycles. The fraction of sp³-hybridized carbons (Fsp3) is 0.250. The molecule has 0 saturated heterocycles. The minimum atomic E-state index is -0.266. The Bertz CT molecular complexity index is 549. The van der Waals surface area contributed by atoms with Crippen molar-refractivity contribution in [2.75, 3.05) is 17.7 Å². The van der Waals surface area contributed by atoms with Crippen molar-refractivity contribution >= 4 is 11.4 Å². The van der Waals surface area contributed by atoms with E-state index < -0.39 is 0 Å². The van der Waals surface area contributed by atoms with E-state index in [2.05, 4.69) is 31.2 Å². The topological polar surface area (TPSA) is 29.3 Å². The minimum Gasteiger partial charge on any atom is -0.397 e. The molecule has 3 heteroatoms. The lowest BCUT2D eigenvalue weighted by atomic mass is 10.1. The van der Waals surface area contributed by atoms with Crippen molar-refractivity contribution in [3.8, 4) is 0 Å². The van der Waals surface area contributed by atoms with Crippen molar-refractivity contribution in [3.63, 3.8) is 0 Å². The number of aryl methyl sites for hydroxylation is 1. The molecule has 0 aromatic heterocycles. The van der Waals surface area contributed by atoms with Crippen LogP contribution in [0.2, 0.25) is 0 Å². The van der Waals surface area contributed by atoms with Crippen molar-refractivity contribution < 1.29 is 4.39 Å². The van der Waals surface area contributed by atoms with Crippen molar-refractivity contribution in [2.24, 2.45) is 0 Å². The number of rotatable bonds is 4. The lowest BCUT2D eigenvalue weighted by Gasteiger charge is -2.21. The van der Waals surface area contributed by atoms with Gasteiger partial charge >= 0.3 is 0 Å². The predicted octanol–water partition coefficient (Wildman–Crippen LogP) is 3.61. The van der Waals surface area contributed by atoms with Crippen LogP contribution in [0.5, 0.6) is 0 Å². The first-order valence-corrected chi connectivity index (χ1v) is 6.44. The first kappa shape index (κ1) is 13.4. The van der Waals surface area contributed by atoms with Gasteiger partial charge in [-0.3, -0.25) is 0 Å². The number of hydrogen-bond donors (Lipinski definition) is 1. The summed E-state index contributed by atoms with van der Waals surface area (Å²) in [6.07, 6.45) is 1.03. The summed E-state index contributed by atoms with van der Waals surface area (Å²) >= 11 is 0. The Balaban J connectivity index is 2.15. The van der Waals surface area contributed by atoms with E-state index in [4.69, 9.17) is 5.73 Å². The molecule has 0 heterocycles. The summed E-state index contributed by atoms with van der Waals surface area (Å²) in [5.74, 6) is -0.266. The molecule has 0 bridgehead atoms. The summed E-state index contributed by atoms with van der Waals surface area (Å²) in [6.45, 7) is 2.84. The van der Waals surface area contributed by atoms with Gasteiger partial charge in [0.1, 0.15) is 5.82 Å². The average Bonchev–Trinajstić information content (AvgIpc) is 2.42. The molecular formula is C16H19FN2. The lowest BCUT2D eigenvalue weighted by Crippen LogP contribution is -2.18. The van der Waals surface area contributed by atoms with Crippen molar-refractivity contribution in [2.45, 2.75) is 19.9 Å². The molecule has 2 aromatic rings. The van der Waals surface area contributed by atoms with Gasteiger partial charge in [-0.2, -0.15) is 0 Å². The van der Waals surface area contributed by atoms with E-state index in [0.29, 0.717) is 12.2 Å². The second kappa shape index (κ2) is 5.74. The van der Waals surface area contributed by atoms with Crippen molar-refractivity contribution in [1.29, 1.82) is 0 Å². The first-order chi connectivity index (χ1) is 9.10. The van der Waals surface area contributed by atoms with E-state index in [-0.39, 0.29) is 5.82 Å². The summed E-state index contributed by atoms with van der Waals surface area (Å²) in [5.41, 5.74) is 9.69. The second-order valence-corrected chi connectivity index (χ2v) is 4.73. The quantitative estimate of drug-likeness (QED) is 0.849. The molecule has 2 N–H and O–H groups in total. The summed E-state index contributed by atoms with van der Waals surface area (Å²) in [4.78, 5) is 1.96. The summed E-state index contributed by atoms with van der Waals surface area (Å²) in [7, 11) is 1.92. The highest BCUT2D eigenvalue weighted by atomic mass is 19.1. The minimum absolute atomic E-state index is 0.266. The molecule has 100 valence electrons. The van der Waals surface area contributed by atoms with Crippen LogP contribution in [-0.4, -0.2) is 7.05 Å². The molecule has 2 nitrogen and oxygen atoms in total. The van der Waals surface area contributed by atoms with Crippen LogP contribution >= 0.6 is 0 Å². The van der Waals surface area contributed by atoms with Gasteiger partial charge in [0, 0.05) is 13.6 Å². The van der Waals surface area contributed by atoms with Crippen molar-refractivity contribution in [3.05, 3.63) is 59.4 Å². The zero-order valence-corrected chi connectivity index (χ0v) is 11.4. The normalized spacial score (nSPS) is 10.5. The van der Waals surface area contributed by atoms with Gasteiger partial charge in [-0.25, -0.2) is 4.39 Å². The highest BCUT2D eigenvalue weighted by Crippen LogP contribution is 2.24. The molecule has 0 unspecified atom stereocenters. The number of anilines is 2. The van der Waals surface area contributed by atoms with E-state index in [0.717, 1.165) is 12.1 Å². The molecule has 0 aliphatic rings. The maximum atomic E-state index is 13.3. The van der Waals surface area contributed by atoms with Crippen LogP contribution in [0.4, 0.5) is 15.8 Å². The van der Waals surface area contributed by atoms with Gasteiger partial charge in [0.05, 0.1) is 11.4 Å². The predicted molar refractivity (Wildman–Crippen MR) is 78.7 cm³/mol. The van der Waals surface area contributed by atoms with Crippen LogP contribution in [0.1, 0.15) is 18.1 Å². The molecule has 0 amide bonds. The van der Waals surface area contributed by atoms with E-state index in [1.54, 1.807) is 6.07 Å². The van der Waals surface area contributed by atoms with Crippen LogP contribution in [0.25, 0.3) is 0 Å². The number of hydrogen-bond acceptors (Lipinski definition) is 2. The van der Waals surface area contributed by atoms with E-state index in [9.17, 15) is 4.39 Å². The fourth-order valence-electron chi connectivity index (χ4n) is 2.09. The van der Waals surface area contributed by atoms with Gasteiger partial charge in [0.15, 0.2) is 0 Å². The number of nitrogens with two attached hydrogens (primary N) is 1. The van der Waals surface area contributed by atoms with E-state index in [1.807, 2.05) is 11.9 Å². The lowest BCUT2D eigenvalue weighted by molar-refractivity contribution is 0.627. The van der Waals surface area contributed by atoms with E-state index >= 15 is 0 Å². The van der Waals surface area contributed by atoms with Crippen LogP contribution in [-0.2, 0) is 13.0 Å². The third-order valence-electron chi connectivity index (χ3n) is 3.25. The molecule has 0 aliphatic heterocycles. The first-order valence-electron chi connectivity index (χ1n) is 6.44. The Labute approximate surface area is 113 Å². The van der Waals surface area contributed by atoms with Crippen LogP contribution in [0.15, 0.2) is 42.5 Å². The fourth-order valence-corrected chi connectivity index (χ4v) is 2.09. The summed E-state index contributed by atoms with van der Waals surface area (Å²) in [5, 5.41) is 0. The molecule has 2 aromatic carbocycles. The van der Waals surface area contributed by atoms with Gasteiger partial charge in [0.25, 0.3) is 0 Å². The molecule has 19 heavy (non-hydrogen) atoms. The van der Waals surface area contributed by atoms with Crippen molar-refractivity contribution in [1.82, 2.24) is 0 Å². The monoisotopic (exact) mass is 258 g/mol. The van der Waals surface area contributed by atoms with E-state index in [1.165, 1.54) is 23.3 Å². The van der Waals surface area contributed by atoms with Gasteiger partial charge in [-0.1, -0.05) is 31.2 Å². The van der Waals surface area contributed by atoms with Crippen LogP contribution < -0.4 is 10.6 Å². The average molecular weight is 258 g/mol. The Morgan fingerprint density at radius 1 is 1.05 bits per heavy atom. The van der Waals surface area contributed by atoms with Gasteiger partial charge in [-0.05, 0) is 35.7 Å².